The highest BCUT2D eigenvalue weighted by atomic mass is 79.9. The van der Waals surface area contributed by atoms with Crippen LogP contribution in [0.15, 0.2) is 10.7 Å². The summed E-state index contributed by atoms with van der Waals surface area (Å²) in [6, 6.07) is 0.800. The fraction of sp³-hybridized carbons (Fsp3) is 0.750. The zero-order chi connectivity index (χ0) is 12.1. The van der Waals surface area contributed by atoms with Gasteiger partial charge in [-0.3, -0.25) is 4.68 Å². The largest absolute Gasteiger partial charge is 0.309 e. The lowest BCUT2D eigenvalue weighted by Crippen LogP contribution is -2.24. The number of hydrogen-bond donors (Lipinski definition) is 1. The molecular weight excluding hydrogens is 266 g/mol. The monoisotopic (exact) mass is 287 g/mol. The first-order valence-electron chi connectivity index (χ1n) is 6.08. The van der Waals surface area contributed by atoms with Gasteiger partial charge in [-0.2, -0.15) is 5.10 Å². The Morgan fingerprint density at radius 2 is 2.12 bits per heavy atom. The van der Waals surface area contributed by atoms with Crippen LogP contribution in [0, 0.1) is 0 Å². The van der Waals surface area contributed by atoms with Crippen molar-refractivity contribution in [2.24, 2.45) is 0 Å². The molecule has 0 radical (unpaired) electrons. The van der Waals surface area contributed by atoms with E-state index in [9.17, 15) is 0 Å². The Morgan fingerprint density at radius 3 is 2.62 bits per heavy atom. The molecule has 0 aromatic carbocycles. The third kappa shape index (κ3) is 3.08. The molecule has 4 heteroatoms. The third-order valence-electron chi connectivity index (χ3n) is 2.63. The Labute approximate surface area is 107 Å². The van der Waals surface area contributed by atoms with Crippen molar-refractivity contribution in [3.63, 3.8) is 0 Å². The van der Waals surface area contributed by atoms with E-state index in [1.807, 2.05) is 6.20 Å². The van der Waals surface area contributed by atoms with Crippen molar-refractivity contribution in [1.29, 1.82) is 0 Å². The molecule has 1 heterocycles. The van der Waals surface area contributed by atoms with E-state index in [1.54, 1.807) is 0 Å². The highest BCUT2D eigenvalue weighted by Crippen LogP contribution is 2.28. The van der Waals surface area contributed by atoms with Crippen molar-refractivity contribution in [2.75, 3.05) is 6.54 Å². The second kappa shape index (κ2) is 6.40. The lowest BCUT2D eigenvalue weighted by molar-refractivity contribution is 0.430. The van der Waals surface area contributed by atoms with Crippen molar-refractivity contribution in [2.45, 2.75) is 52.6 Å². The maximum Gasteiger partial charge on any atom is 0.0698 e. The molecule has 1 aromatic heterocycles. The van der Waals surface area contributed by atoms with Crippen LogP contribution in [-0.2, 0) is 0 Å². The molecule has 0 saturated carbocycles. The van der Waals surface area contributed by atoms with Gasteiger partial charge in [-0.15, -0.1) is 0 Å². The van der Waals surface area contributed by atoms with E-state index in [2.05, 4.69) is 58.7 Å². The van der Waals surface area contributed by atoms with Crippen LogP contribution < -0.4 is 5.32 Å². The standard InChI is InChI=1S/C12H22BrN3/c1-5-7-11(14-6-2)12-10(13)8-15-16(12)9(3)4/h8-9,11,14H,5-7H2,1-4H3. The van der Waals surface area contributed by atoms with Crippen molar-refractivity contribution >= 4 is 15.9 Å². The fourth-order valence-electron chi connectivity index (χ4n) is 1.96. The van der Waals surface area contributed by atoms with E-state index >= 15 is 0 Å². The Hall–Kier alpha value is -0.350. The van der Waals surface area contributed by atoms with Crippen LogP contribution >= 0.6 is 15.9 Å². The zero-order valence-corrected chi connectivity index (χ0v) is 12.2. The van der Waals surface area contributed by atoms with Crippen LogP contribution in [0.4, 0.5) is 0 Å². The van der Waals surface area contributed by atoms with E-state index in [-0.39, 0.29) is 0 Å². The molecule has 1 aromatic rings. The molecule has 0 spiro atoms. The third-order valence-corrected chi connectivity index (χ3v) is 3.25. The van der Waals surface area contributed by atoms with Gasteiger partial charge in [0.1, 0.15) is 0 Å². The lowest BCUT2D eigenvalue weighted by atomic mass is 10.1. The highest BCUT2D eigenvalue weighted by molar-refractivity contribution is 9.10. The molecule has 0 bridgehead atoms. The van der Waals surface area contributed by atoms with Crippen molar-refractivity contribution in [3.05, 3.63) is 16.4 Å². The summed E-state index contributed by atoms with van der Waals surface area (Å²) in [5, 5.41) is 7.96. The maximum absolute atomic E-state index is 4.43. The number of rotatable bonds is 6. The van der Waals surface area contributed by atoms with Crippen molar-refractivity contribution < 1.29 is 0 Å². The van der Waals surface area contributed by atoms with Gasteiger partial charge < -0.3 is 5.32 Å². The van der Waals surface area contributed by atoms with Crippen LogP contribution in [-0.4, -0.2) is 16.3 Å². The van der Waals surface area contributed by atoms with Gasteiger partial charge >= 0.3 is 0 Å². The molecule has 0 amide bonds. The van der Waals surface area contributed by atoms with Crippen LogP contribution in [0.1, 0.15) is 58.3 Å². The fourth-order valence-corrected chi connectivity index (χ4v) is 2.51. The Bertz CT molecular complexity index is 314. The first-order chi connectivity index (χ1) is 7.61. The maximum atomic E-state index is 4.43. The van der Waals surface area contributed by atoms with Gasteiger partial charge in [0.05, 0.1) is 22.4 Å². The zero-order valence-electron chi connectivity index (χ0n) is 10.6. The smallest absolute Gasteiger partial charge is 0.0698 e. The SMILES string of the molecule is CCCC(NCC)c1c(Br)cnn1C(C)C. The quantitative estimate of drug-likeness (QED) is 0.865. The van der Waals surface area contributed by atoms with Gasteiger partial charge in [0.2, 0.25) is 0 Å². The topological polar surface area (TPSA) is 29.9 Å². The molecule has 1 unspecified atom stereocenters. The van der Waals surface area contributed by atoms with E-state index in [0.29, 0.717) is 12.1 Å². The van der Waals surface area contributed by atoms with Gasteiger partial charge in [0, 0.05) is 6.04 Å². The summed E-state index contributed by atoms with van der Waals surface area (Å²) in [7, 11) is 0. The summed E-state index contributed by atoms with van der Waals surface area (Å²) in [4.78, 5) is 0. The summed E-state index contributed by atoms with van der Waals surface area (Å²) in [6.07, 6.45) is 4.22. The number of halogens is 1. The molecule has 0 saturated heterocycles. The second-order valence-electron chi connectivity index (χ2n) is 4.32. The molecule has 0 aliphatic heterocycles. The Balaban J connectivity index is 3.01. The van der Waals surface area contributed by atoms with Gasteiger partial charge in [0.15, 0.2) is 0 Å². The van der Waals surface area contributed by atoms with Crippen LogP contribution in [0.3, 0.4) is 0 Å². The minimum Gasteiger partial charge on any atom is -0.309 e. The number of hydrogen-bond acceptors (Lipinski definition) is 2. The molecule has 1 atom stereocenters. The minimum atomic E-state index is 0.397. The number of nitrogens with one attached hydrogen (secondary N) is 1. The molecule has 3 nitrogen and oxygen atoms in total. The lowest BCUT2D eigenvalue weighted by Gasteiger charge is -2.21. The normalized spacial score (nSPS) is 13.4. The van der Waals surface area contributed by atoms with Crippen LogP contribution in [0.25, 0.3) is 0 Å². The molecule has 1 rings (SSSR count). The Morgan fingerprint density at radius 1 is 1.44 bits per heavy atom. The summed E-state index contributed by atoms with van der Waals surface area (Å²) in [6.45, 7) is 9.68. The van der Waals surface area contributed by atoms with Gasteiger partial charge in [-0.25, -0.2) is 0 Å². The number of nitrogens with zero attached hydrogens (tertiary/aromatic N) is 2. The number of aromatic nitrogens is 2. The molecule has 0 aliphatic rings. The van der Waals surface area contributed by atoms with Gasteiger partial charge in [-0.1, -0.05) is 20.3 Å². The van der Waals surface area contributed by atoms with Crippen LogP contribution in [0.5, 0.6) is 0 Å². The first kappa shape index (κ1) is 13.7. The summed E-state index contributed by atoms with van der Waals surface area (Å²) in [5.74, 6) is 0. The minimum absolute atomic E-state index is 0.397. The highest BCUT2D eigenvalue weighted by Gasteiger charge is 2.19. The molecule has 92 valence electrons. The van der Waals surface area contributed by atoms with E-state index in [0.717, 1.165) is 17.4 Å². The second-order valence-corrected chi connectivity index (χ2v) is 5.17. The molecular formula is C12H22BrN3. The average molecular weight is 288 g/mol. The van der Waals surface area contributed by atoms with Gasteiger partial charge in [-0.05, 0) is 42.7 Å². The molecule has 0 fully saturated rings. The van der Waals surface area contributed by atoms with Crippen LogP contribution in [0.2, 0.25) is 0 Å². The van der Waals surface area contributed by atoms with E-state index in [4.69, 9.17) is 0 Å². The predicted octanol–water partition coefficient (Wildman–Crippen LogP) is 3.68. The van der Waals surface area contributed by atoms with Crippen molar-refractivity contribution in [3.8, 4) is 0 Å². The van der Waals surface area contributed by atoms with Crippen molar-refractivity contribution in [1.82, 2.24) is 15.1 Å². The average Bonchev–Trinajstić information content (AvgIpc) is 2.60. The van der Waals surface area contributed by atoms with E-state index in [1.165, 1.54) is 12.1 Å². The first-order valence-corrected chi connectivity index (χ1v) is 6.87. The van der Waals surface area contributed by atoms with E-state index < -0.39 is 0 Å². The predicted molar refractivity (Wildman–Crippen MR) is 71.6 cm³/mol. The molecule has 16 heavy (non-hydrogen) atoms. The van der Waals surface area contributed by atoms with Gasteiger partial charge in [0.25, 0.3) is 0 Å². The Kier molecular flexibility index (Phi) is 5.49. The molecule has 0 aliphatic carbocycles. The molecule has 1 N–H and O–H groups in total. The summed E-state index contributed by atoms with van der Waals surface area (Å²) in [5.41, 5.74) is 1.28. The summed E-state index contributed by atoms with van der Waals surface area (Å²) >= 11 is 3.60. The summed E-state index contributed by atoms with van der Waals surface area (Å²) < 4.78 is 3.22.